The van der Waals surface area contributed by atoms with E-state index >= 15 is 0 Å². The maximum Gasteiger partial charge on any atom is 0.304 e. The van der Waals surface area contributed by atoms with Gasteiger partial charge < -0.3 is 14.9 Å². The third-order valence-electron chi connectivity index (χ3n) is 4.39. The second kappa shape index (κ2) is 7.42. The average molecular weight is 318 g/mol. The molecule has 2 atom stereocenters. The Hall–Kier alpha value is -2.14. The van der Waals surface area contributed by atoms with E-state index in [1.54, 1.807) is 19.1 Å². The van der Waals surface area contributed by atoms with E-state index in [9.17, 15) is 14.7 Å². The second-order valence-electron chi connectivity index (χ2n) is 6.11. The molecule has 0 bridgehead atoms. The normalized spacial score (nSPS) is 23.4. The fourth-order valence-corrected chi connectivity index (χ4v) is 2.92. The summed E-state index contributed by atoms with van der Waals surface area (Å²) >= 11 is 0. The van der Waals surface area contributed by atoms with Gasteiger partial charge in [0.05, 0.1) is 12.5 Å². The van der Waals surface area contributed by atoms with Crippen LogP contribution in [0.5, 0.6) is 5.75 Å². The number of aliphatic hydroxyl groups is 1. The molecule has 23 heavy (non-hydrogen) atoms. The van der Waals surface area contributed by atoms with Crippen molar-refractivity contribution < 1.29 is 24.5 Å². The number of rotatable bonds is 8. The number of benzene rings is 1. The first-order valence-corrected chi connectivity index (χ1v) is 7.71. The lowest BCUT2D eigenvalue weighted by Crippen LogP contribution is -2.32. The highest BCUT2D eigenvalue weighted by molar-refractivity contribution is 5.80. The average Bonchev–Trinajstić information content (AvgIpc) is 2.78. The van der Waals surface area contributed by atoms with Crippen LogP contribution in [0.4, 0.5) is 0 Å². The van der Waals surface area contributed by atoms with Crippen LogP contribution in [-0.2, 0) is 9.59 Å². The van der Waals surface area contributed by atoms with Gasteiger partial charge in [-0.2, -0.15) is 0 Å². The lowest BCUT2D eigenvalue weighted by Gasteiger charge is -2.30. The fraction of sp³-hybridized carbons (Fsp3) is 0.444. The number of ether oxygens (including phenoxy) is 1. The largest absolute Gasteiger partial charge is 0.486 e. The SMILES string of the molecule is C[C@@]1(CC(=O)O)C(CCC(=O)COc2ccccc2)=CC[C@@H]1O. The van der Waals surface area contributed by atoms with E-state index in [-0.39, 0.29) is 25.2 Å². The molecule has 0 unspecified atom stereocenters. The molecule has 0 aromatic heterocycles. The van der Waals surface area contributed by atoms with E-state index in [4.69, 9.17) is 9.84 Å². The van der Waals surface area contributed by atoms with Gasteiger partial charge >= 0.3 is 5.97 Å². The minimum atomic E-state index is -0.946. The summed E-state index contributed by atoms with van der Waals surface area (Å²) in [5, 5.41) is 19.1. The number of carbonyl (C=O) groups excluding carboxylic acids is 1. The van der Waals surface area contributed by atoms with Gasteiger partial charge in [0.2, 0.25) is 0 Å². The summed E-state index contributed by atoms with van der Waals surface area (Å²) in [4.78, 5) is 23.0. The highest BCUT2D eigenvalue weighted by Crippen LogP contribution is 2.44. The van der Waals surface area contributed by atoms with Crippen LogP contribution >= 0.6 is 0 Å². The Morgan fingerprint density at radius 1 is 1.30 bits per heavy atom. The van der Waals surface area contributed by atoms with Crippen molar-refractivity contribution in [2.45, 2.75) is 38.7 Å². The summed E-state index contributed by atoms with van der Waals surface area (Å²) in [5.41, 5.74) is 0.0623. The Labute approximate surface area is 135 Å². The number of Topliss-reactive ketones (excluding diaryl/α,β-unsaturated/α-hetero) is 1. The van der Waals surface area contributed by atoms with Gasteiger partial charge in [0.25, 0.3) is 0 Å². The molecule has 0 radical (unpaired) electrons. The van der Waals surface area contributed by atoms with Gasteiger partial charge in [-0.05, 0) is 25.0 Å². The topological polar surface area (TPSA) is 83.8 Å². The predicted octanol–water partition coefficient (Wildman–Crippen LogP) is 2.59. The molecule has 2 rings (SSSR count). The molecule has 0 fully saturated rings. The Morgan fingerprint density at radius 2 is 2.00 bits per heavy atom. The van der Waals surface area contributed by atoms with E-state index in [0.717, 1.165) is 5.57 Å². The van der Waals surface area contributed by atoms with Gasteiger partial charge in [0.15, 0.2) is 5.78 Å². The molecule has 0 amide bonds. The van der Waals surface area contributed by atoms with Gasteiger partial charge in [0, 0.05) is 11.8 Å². The first-order valence-electron chi connectivity index (χ1n) is 7.71. The summed E-state index contributed by atoms with van der Waals surface area (Å²) in [7, 11) is 0. The van der Waals surface area contributed by atoms with Gasteiger partial charge in [0.1, 0.15) is 12.4 Å². The number of ketones is 1. The molecule has 5 nitrogen and oxygen atoms in total. The zero-order valence-corrected chi connectivity index (χ0v) is 13.2. The first-order chi connectivity index (χ1) is 10.9. The summed E-state index contributed by atoms with van der Waals surface area (Å²) in [5.74, 6) is -0.348. The van der Waals surface area contributed by atoms with E-state index in [0.29, 0.717) is 18.6 Å². The van der Waals surface area contributed by atoms with Crippen LogP contribution in [0, 0.1) is 5.41 Å². The van der Waals surface area contributed by atoms with Crippen LogP contribution < -0.4 is 4.74 Å². The third-order valence-corrected chi connectivity index (χ3v) is 4.39. The number of hydrogen-bond donors (Lipinski definition) is 2. The highest BCUT2D eigenvalue weighted by atomic mass is 16.5. The molecular weight excluding hydrogens is 296 g/mol. The molecular formula is C18H22O5. The molecule has 1 aliphatic carbocycles. The molecule has 0 aliphatic heterocycles. The summed E-state index contributed by atoms with van der Waals surface area (Å²) < 4.78 is 5.41. The number of aliphatic hydroxyl groups excluding tert-OH is 1. The van der Waals surface area contributed by atoms with Crippen LogP contribution in [0.15, 0.2) is 42.0 Å². The minimum absolute atomic E-state index is 0.00447. The van der Waals surface area contributed by atoms with E-state index in [1.807, 2.05) is 24.3 Å². The molecule has 1 aromatic carbocycles. The highest BCUT2D eigenvalue weighted by Gasteiger charge is 2.41. The monoisotopic (exact) mass is 318 g/mol. The lowest BCUT2D eigenvalue weighted by molar-refractivity contribution is -0.140. The fourth-order valence-electron chi connectivity index (χ4n) is 2.92. The van der Waals surface area contributed by atoms with E-state index in [1.165, 1.54) is 0 Å². The molecule has 0 saturated carbocycles. The minimum Gasteiger partial charge on any atom is -0.486 e. The number of carboxylic acids is 1. The molecule has 1 aromatic rings. The Morgan fingerprint density at radius 3 is 2.65 bits per heavy atom. The van der Waals surface area contributed by atoms with Crippen LogP contribution in [0.1, 0.15) is 32.6 Å². The number of carboxylic acid groups (broad SMARTS) is 1. The second-order valence-corrected chi connectivity index (χ2v) is 6.11. The van der Waals surface area contributed by atoms with Crippen molar-refractivity contribution in [3.8, 4) is 5.75 Å². The third kappa shape index (κ3) is 4.42. The van der Waals surface area contributed by atoms with Gasteiger partial charge in [-0.15, -0.1) is 0 Å². The Kier molecular flexibility index (Phi) is 5.55. The van der Waals surface area contributed by atoms with E-state index in [2.05, 4.69) is 0 Å². The van der Waals surface area contributed by atoms with Crippen molar-refractivity contribution in [3.63, 3.8) is 0 Å². The van der Waals surface area contributed by atoms with Crippen LogP contribution in [0.25, 0.3) is 0 Å². The van der Waals surface area contributed by atoms with Crippen LogP contribution in [-0.4, -0.2) is 34.7 Å². The molecule has 0 spiro atoms. The summed E-state index contributed by atoms with van der Waals surface area (Å²) in [6, 6.07) is 9.11. The van der Waals surface area contributed by atoms with Gasteiger partial charge in [-0.1, -0.05) is 36.8 Å². The molecule has 124 valence electrons. The molecule has 5 heteroatoms. The quantitative estimate of drug-likeness (QED) is 0.720. The molecule has 1 aliphatic rings. The predicted molar refractivity (Wildman–Crippen MR) is 85.2 cm³/mol. The van der Waals surface area contributed by atoms with Crippen LogP contribution in [0.2, 0.25) is 0 Å². The lowest BCUT2D eigenvalue weighted by atomic mass is 9.76. The van der Waals surface area contributed by atoms with Crippen molar-refractivity contribution in [1.29, 1.82) is 0 Å². The number of carbonyl (C=O) groups is 2. The van der Waals surface area contributed by atoms with Gasteiger partial charge in [-0.3, -0.25) is 9.59 Å². The molecule has 0 heterocycles. The summed E-state index contributed by atoms with van der Waals surface area (Å²) in [6.07, 6.45) is 2.20. The van der Waals surface area contributed by atoms with Crippen LogP contribution in [0.3, 0.4) is 0 Å². The van der Waals surface area contributed by atoms with Crippen molar-refractivity contribution in [2.24, 2.45) is 5.41 Å². The molecule has 2 N–H and O–H groups in total. The number of para-hydroxylation sites is 1. The standard InChI is InChI=1S/C18H22O5/c1-18(11-17(21)22)13(8-10-16(18)20)7-9-14(19)12-23-15-5-3-2-4-6-15/h2-6,8,16,20H,7,9-12H2,1H3,(H,21,22)/t16-,18+/m0/s1. The summed E-state index contributed by atoms with van der Waals surface area (Å²) in [6.45, 7) is 1.74. The van der Waals surface area contributed by atoms with Crippen molar-refractivity contribution >= 4 is 11.8 Å². The Balaban J connectivity index is 1.84. The van der Waals surface area contributed by atoms with Crippen molar-refractivity contribution in [2.75, 3.05) is 6.61 Å². The van der Waals surface area contributed by atoms with Crippen molar-refractivity contribution in [3.05, 3.63) is 42.0 Å². The Bertz CT molecular complexity index is 593. The number of hydrogen-bond acceptors (Lipinski definition) is 4. The maximum absolute atomic E-state index is 12.0. The first kappa shape index (κ1) is 17.2. The smallest absolute Gasteiger partial charge is 0.304 e. The van der Waals surface area contributed by atoms with Gasteiger partial charge in [-0.25, -0.2) is 0 Å². The maximum atomic E-state index is 12.0. The van der Waals surface area contributed by atoms with E-state index < -0.39 is 17.5 Å². The molecule has 0 saturated heterocycles. The van der Waals surface area contributed by atoms with Crippen molar-refractivity contribution in [1.82, 2.24) is 0 Å². The zero-order valence-electron chi connectivity index (χ0n) is 13.2. The zero-order chi connectivity index (χ0) is 16.9. The number of aliphatic carboxylic acids is 1.